The van der Waals surface area contributed by atoms with E-state index in [9.17, 15) is 4.79 Å². The zero-order valence-corrected chi connectivity index (χ0v) is 11.3. The Morgan fingerprint density at radius 1 is 1.44 bits per heavy atom. The third-order valence-corrected chi connectivity index (χ3v) is 2.49. The second-order valence-corrected chi connectivity index (χ2v) is 4.26. The number of carbonyl (C=O) groups is 1. The van der Waals surface area contributed by atoms with Crippen LogP contribution in [-0.2, 0) is 4.79 Å². The fourth-order valence-electron chi connectivity index (χ4n) is 1.31. The first-order valence-electron chi connectivity index (χ1n) is 5.82. The van der Waals surface area contributed by atoms with Gasteiger partial charge in [-0.15, -0.1) is 0 Å². The van der Waals surface area contributed by atoms with E-state index in [4.69, 9.17) is 16.3 Å². The van der Waals surface area contributed by atoms with E-state index < -0.39 is 0 Å². The molecule has 0 aromatic heterocycles. The normalized spacial score (nSPS) is 11.2. The molecule has 18 heavy (non-hydrogen) atoms. The van der Waals surface area contributed by atoms with Crippen molar-refractivity contribution in [1.82, 2.24) is 5.43 Å². The number of nitrogens with zero attached hydrogens (tertiary/aromatic N) is 1. The number of benzene rings is 1. The summed E-state index contributed by atoms with van der Waals surface area (Å²) in [5.74, 6) is 0.189. The predicted molar refractivity (Wildman–Crippen MR) is 73.1 cm³/mol. The molecule has 1 N–H and O–H groups in total. The zero-order valence-electron chi connectivity index (χ0n) is 10.6. The maximum Gasteiger partial charge on any atom is 0.277 e. The van der Waals surface area contributed by atoms with Crippen molar-refractivity contribution in [3.63, 3.8) is 0 Å². The van der Waals surface area contributed by atoms with Gasteiger partial charge in [0.15, 0.2) is 6.61 Å². The van der Waals surface area contributed by atoms with E-state index in [0.717, 1.165) is 18.6 Å². The highest BCUT2D eigenvalue weighted by atomic mass is 35.5. The average Bonchev–Trinajstić information content (AvgIpc) is 2.36. The monoisotopic (exact) mass is 268 g/mol. The van der Waals surface area contributed by atoms with Gasteiger partial charge in [0.1, 0.15) is 5.75 Å². The Labute approximate surface area is 112 Å². The van der Waals surface area contributed by atoms with Crippen LogP contribution in [0.5, 0.6) is 5.75 Å². The number of rotatable bonds is 6. The van der Waals surface area contributed by atoms with Crippen LogP contribution < -0.4 is 10.2 Å². The molecule has 1 amide bonds. The Balaban J connectivity index is 2.38. The van der Waals surface area contributed by atoms with E-state index in [1.54, 1.807) is 24.3 Å². The maximum absolute atomic E-state index is 11.5. The van der Waals surface area contributed by atoms with Crippen molar-refractivity contribution in [2.24, 2.45) is 5.10 Å². The number of carbonyl (C=O) groups excluding carboxylic acids is 1. The van der Waals surface area contributed by atoms with E-state index >= 15 is 0 Å². The molecule has 1 aromatic carbocycles. The van der Waals surface area contributed by atoms with Crippen molar-refractivity contribution in [2.45, 2.75) is 26.7 Å². The third kappa shape index (κ3) is 5.19. The summed E-state index contributed by atoms with van der Waals surface area (Å²) < 4.78 is 5.28. The van der Waals surface area contributed by atoms with Gasteiger partial charge in [0, 0.05) is 5.71 Å². The highest BCUT2D eigenvalue weighted by molar-refractivity contribution is 6.32. The molecule has 0 radical (unpaired) electrons. The summed E-state index contributed by atoms with van der Waals surface area (Å²) in [6, 6.07) is 7.01. The molecular formula is C13H17ClN2O2. The minimum Gasteiger partial charge on any atom is -0.482 e. The van der Waals surface area contributed by atoms with Gasteiger partial charge in [-0.3, -0.25) is 4.79 Å². The quantitative estimate of drug-likeness (QED) is 0.637. The van der Waals surface area contributed by atoms with Crippen molar-refractivity contribution in [3.05, 3.63) is 29.3 Å². The molecule has 0 saturated heterocycles. The molecule has 0 atom stereocenters. The highest BCUT2D eigenvalue weighted by Gasteiger charge is 2.04. The first kappa shape index (κ1) is 14.5. The SMILES string of the molecule is CCC/C(C)=N\NC(=O)COc1ccccc1Cl. The summed E-state index contributed by atoms with van der Waals surface area (Å²) in [6.45, 7) is 3.83. The van der Waals surface area contributed by atoms with Gasteiger partial charge in [-0.05, 0) is 25.5 Å². The number of amides is 1. The summed E-state index contributed by atoms with van der Waals surface area (Å²) in [6.07, 6.45) is 1.87. The van der Waals surface area contributed by atoms with Crippen molar-refractivity contribution < 1.29 is 9.53 Å². The second kappa shape index (κ2) is 7.71. The number of nitrogens with one attached hydrogen (secondary N) is 1. The third-order valence-electron chi connectivity index (χ3n) is 2.18. The molecular weight excluding hydrogens is 252 g/mol. The first-order chi connectivity index (χ1) is 8.63. The smallest absolute Gasteiger partial charge is 0.277 e. The number of para-hydroxylation sites is 1. The summed E-state index contributed by atoms with van der Waals surface area (Å²) in [5, 5.41) is 4.44. The first-order valence-corrected chi connectivity index (χ1v) is 6.20. The molecule has 0 aliphatic heterocycles. The van der Waals surface area contributed by atoms with Crippen molar-refractivity contribution >= 4 is 23.2 Å². The van der Waals surface area contributed by atoms with Gasteiger partial charge in [-0.25, -0.2) is 5.43 Å². The van der Waals surface area contributed by atoms with E-state index in [1.807, 2.05) is 6.92 Å². The van der Waals surface area contributed by atoms with E-state index in [-0.39, 0.29) is 12.5 Å². The molecule has 0 fully saturated rings. The van der Waals surface area contributed by atoms with Crippen molar-refractivity contribution in [1.29, 1.82) is 0 Å². The topological polar surface area (TPSA) is 50.7 Å². The van der Waals surface area contributed by atoms with Crippen LogP contribution in [0.4, 0.5) is 0 Å². The van der Waals surface area contributed by atoms with Crippen LogP contribution in [0.2, 0.25) is 5.02 Å². The van der Waals surface area contributed by atoms with Gasteiger partial charge in [-0.1, -0.05) is 37.1 Å². The Morgan fingerprint density at radius 2 is 2.17 bits per heavy atom. The van der Waals surface area contributed by atoms with Gasteiger partial charge >= 0.3 is 0 Å². The number of hydrazone groups is 1. The maximum atomic E-state index is 11.5. The molecule has 4 nitrogen and oxygen atoms in total. The zero-order chi connectivity index (χ0) is 13.4. The van der Waals surface area contributed by atoms with E-state index in [1.165, 1.54) is 0 Å². The van der Waals surface area contributed by atoms with Gasteiger partial charge < -0.3 is 4.74 Å². The Kier molecular flexibility index (Phi) is 6.22. The molecule has 0 saturated carbocycles. The number of hydrogen-bond donors (Lipinski definition) is 1. The van der Waals surface area contributed by atoms with Gasteiger partial charge in [0.05, 0.1) is 5.02 Å². The minimum atomic E-state index is -0.301. The van der Waals surface area contributed by atoms with Gasteiger partial charge in [0.25, 0.3) is 5.91 Å². The van der Waals surface area contributed by atoms with Crippen LogP contribution in [-0.4, -0.2) is 18.2 Å². The Bertz CT molecular complexity index is 433. The van der Waals surface area contributed by atoms with Crippen LogP contribution in [0.15, 0.2) is 29.4 Å². The summed E-state index contributed by atoms with van der Waals surface area (Å²) in [4.78, 5) is 11.5. The van der Waals surface area contributed by atoms with Gasteiger partial charge in [-0.2, -0.15) is 5.10 Å². The number of hydrogen-bond acceptors (Lipinski definition) is 3. The standard InChI is InChI=1S/C13H17ClN2O2/c1-3-6-10(2)15-16-13(17)9-18-12-8-5-4-7-11(12)14/h4-5,7-8H,3,6,9H2,1-2H3,(H,16,17)/b15-10-. The average molecular weight is 269 g/mol. The van der Waals surface area contributed by atoms with Crippen LogP contribution in [0, 0.1) is 0 Å². The lowest BCUT2D eigenvalue weighted by atomic mass is 10.2. The molecule has 5 heteroatoms. The van der Waals surface area contributed by atoms with Crippen molar-refractivity contribution in [2.75, 3.05) is 6.61 Å². The lowest BCUT2D eigenvalue weighted by Crippen LogP contribution is -2.25. The molecule has 98 valence electrons. The Hall–Kier alpha value is -1.55. The fourth-order valence-corrected chi connectivity index (χ4v) is 1.50. The van der Waals surface area contributed by atoms with Gasteiger partial charge in [0.2, 0.25) is 0 Å². The molecule has 0 spiro atoms. The molecule has 0 aliphatic carbocycles. The number of ether oxygens (including phenoxy) is 1. The molecule has 0 aliphatic rings. The molecule has 0 heterocycles. The molecule has 1 aromatic rings. The lowest BCUT2D eigenvalue weighted by molar-refractivity contribution is -0.123. The van der Waals surface area contributed by atoms with Crippen LogP contribution in [0.25, 0.3) is 0 Å². The largest absolute Gasteiger partial charge is 0.482 e. The Morgan fingerprint density at radius 3 is 2.83 bits per heavy atom. The summed E-state index contributed by atoms with van der Waals surface area (Å²) >= 11 is 5.89. The van der Waals surface area contributed by atoms with Crippen molar-refractivity contribution in [3.8, 4) is 5.75 Å². The highest BCUT2D eigenvalue weighted by Crippen LogP contribution is 2.22. The second-order valence-electron chi connectivity index (χ2n) is 3.85. The minimum absolute atomic E-state index is 0.105. The molecule has 0 bridgehead atoms. The predicted octanol–water partition coefficient (Wildman–Crippen LogP) is 3.01. The summed E-state index contributed by atoms with van der Waals surface area (Å²) in [5.41, 5.74) is 3.33. The molecule has 0 unspecified atom stereocenters. The number of halogens is 1. The van der Waals surface area contributed by atoms with Crippen LogP contribution >= 0.6 is 11.6 Å². The lowest BCUT2D eigenvalue weighted by Gasteiger charge is -2.06. The van der Waals surface area contributed by atoms with Crippen LogP contribution in [0.1, 0.15) is 26.7 Å². The fraction of sp³-hybridized carbons (Fsp3) is 0.385. The van der Waals surface area contributed by atoms with E-state index in [0.29, 0.717) is 10.8 Å². The van der Waals surface area contributed by atoms with Crippen LogP contribution in [0.3, 0.4) is 0 Å². The summed E-state index contributed by atoms with van der Waals surface area (Å²) in [7, 11) is 0. The molecule has 1 rings (SSSR count). The van der Waals surface area contributed by atoms with E-state index in [2.05, 4.69) is 17.5 Å².